The minimum atomic E-state index is -0.384. The van der Waals surface area contributed by atoms with E-state index >= 15 is 0 Å². The molecule has 0 saturated heterocycles. The van der Waals surface area contributed by atoms with Crippen LogP contribution in [0.3, 0.4) is 0 Å². The molecule has 1 aliphatic heterocycles. The van der Waals surface area contributed by atoms with Crippen LogP contribution < -0.4 is 36.6 Å². The number of anilines is 1. The van der Waals surface area contributed by atoms with Gasteiger partial charge in [0.15, 0.2) is 11.5 Å². The number of amides is 1. The summed E-state index contributed by atoms with van der Waals surface area (Å²) in [7, 11) is 4.88. The monoisotopic (exact) mass is 628 g/mol. The van der Waals surface area contributed by atoms with Crippen molar-refractivity contribution in [2.75, 3.05) is 26.1 Å². The van der Waals surface area contributed by atoms with Crippen molar-refractivity contribution in [2.24, 2.45) is 7.05 Å². The molecule has 6 rings (SSSR count). The number of fused-ring (bicyclic) bond motifs is 1. The molecule has 0 bridgehead atoms. The molecule has 1 aliphatic rings. The molecule has 1 aromatic heterocycles. The molecule has 0 aliphatic carbocycles. The maximum absolute atomic E-state index is 13.1. The highest BCUT2D eigenvalue weighted by Crippen LogP contribution is 2.33. The molecule has 47 heavy (non-hydrogen) atoms. The van der Waals surface area contributed by atoms with Crippen LogP contribution in [0.15, 0.2) is 101 Å². The second-order valence-electron chi connectivity index (χ2n) is 11.5. The van der Waals surface area contributed by atoms with E-state index < -0.39 is 0 Å². The van der Waals surface area contributed by atoms with Crippen molar-refractivity contribution in [2.45, 2.75) is 19.5 Å². The number of carbonyl (C=O) groups is 1. The van der Waals surface area contributed by atoms with Crippen LogP contribution in [0.4, 0.5) is 5.69 Å². The number of nitrogens with zero attached hydrogens (tertiary/aromatic N) is 2. The zero-order valence-electron chi connectivity index (χ0n) is 26.6. The van der Waals surface area contributed by atoms with E-state index in [1.54, 1.807) is 57.7 Å². The largest absolute Gasteiger partial charge is 0.493 e. The molecule has 2 N–H and O–H groups in total. The highest BCUT2D eigenvalue weighted by Gasteiger charge is 2.19. The van der Waals surface area contributed by atoms with Crippen LogP contribution >= 0.6 is 0 Å². The summed E-state index contributed by atoms with van der Waals surface area (Å²) in [4.78, 5) is 44.2. The number of methoxy groups -OCH3 is 2. The van der Waals surface area contributed by atoms with Gasteiger partial charge >= 0.3 is 0 Å². The van der Waals surface area contributed by atoms with Crippen LogP contribution in [-0.4, -0.2) is 41.1 Å². The molecule has 0 unspecified atom stereocenters. The number of carbonyl (C=O) groups excluding carboxylic acids is 1. The zero-order valence-corrected chi connectivity index (χ0v) is 26.6. The summed E-state index contributed by atoms with van der Waals surface area (Å²) in [5, 5.41) is 3.34. The van der Waals surface area contributed by atoms with Crippen molar-refractivity contribution in [3.63, 3.8) is 0 Å². The minimum Gasteiger partial charge on any atom is -0.493 e. The topological polar surface area (TPSA) is 106 Å². The first-order chi connectivity index (χ1) is 22.8. The first-order valence-electron chi connectivity index (χ1n) is 15.4. The standard InChI is InChI=1S/C38H36N4O5/c1-41-33(20-25-8-5-4-6-9-25)37(44)40-32(38(41)45)19-27-10-7-11-29(18-27)36(43)39-31-14-12-26(13-15-31)23-42-17-16-28-21-34(46-2)35(47-3)22-30(28)24-42/h4-15,18-22H,16-17,23-24H2,1-3H3,(H,39,43)(H,40,44). The van der Waals surface area contributed by atoms with Gasteiger partial charge in [0.05, 0.1) is 14.2 Å². The number of aromatic nitrogens is 2. The molecular weight excluding hydrogens is 592 g/mol. The second kappa shape index (κ2) is 13.8. The van der Waals surface area contributed by atoms with Crippen molar-refractivity contribution >= 4 is 23.7 Å². The Balaban J connectivity index is 1.13. The maximum atomic E-state index is 13.1. The average molecular weight is 629 g/mol. The fraction of sp³-hybridized carbons (Fsp3) is 0.184. The summed E-state index contributed by atoms with van der Waals surface area (Å²) in [6.07, 6.45) is 4.18. The molecule has 5 aromatic rings. The number of benzene rings is 4. The number of aromatic amines is 1. The highest BCUT2D eigenvalue weighted by atomic mass is 16.5. The van der Waals surface area contributed by atoms with Gasteiger partial charge in [-0.05, 0) is 82.8 Å². The summed E-state index contributed by atoms with van der Waals surface area (Å²) in [5.74, 6) is 1.22. The van der Waals surface area contributed by atoms with Crippen molar-refractivity contribution in [3.05, 3.63) is 156 Å². The molecule has 0 atom stereocenters. The van der Waals surface area contributed by atoms with Gasteiger partial charge in [0, 0.05) is 37.9 Å². The van der Waals surface area contributed by atoms with E-state index in [9.17, 15) is 14.4 Å². The van der Waals surface area contributed by atoms with Gasteiger partial charge in [0.1, 0.15) is 10.7 Å². The number of rotatable bonds is 8. The predicted octanol–water partition coefficient (Wildman–Crippen LogP) is 3.56. The van der Waals surface area contributed by atoms with Gasteiger partial charge in [-0.1, -0.05) is 54.6 Å². The normalized spacial score (nSPS) is 13.7. The van der Waals surface area contributed by atoms with Crippen molar-refractivity contribution in [1.29, 1.82) is 0 Å². The molecule has 0 radical (unpaired) electrons. The smallest absolute Gasteiger partial charge is 0.274 e. The summed E-state index contributed by atoms with van der Waals surface area (Å²) in [6.45, 7) is 2.54. The summed E-state index contributed by atoms with van der Waals surface area (Å²) < 4.78 is 12.3. The molecule has 238 valence electrons. The third-order valence-electron chi connectivity index (χ3n) is 8.36. The summed E-state index contributed by atoms with van der Waals surface area (Å²) in [5.41, 5.74) is 5.46. The summed E-state index contributed by atoms with van der Waals surface area (Å²) in [6, 6.07) is 28.2. The fourth-order valence-electron chi connectivity index (χ4n) is 5.82. The number of ether oxygens (including phenoxy) is 2. The molecule has 0 saturated carbocycles. The van der Waals surface area contributed by atoms with Crippen LogP contribution in [0.25, 0.3) is 12.2 Å². The second-order valence-corrected chi connectivity index (χ2v) is 11.5. The van der Waals surface area contributed by atoms with Crippen LogP contribution in [0.1, 0.15) is 38.2 Å². The lowest BCUT2D eigenvalue weighted by atomic mass is 9.98. The van der Waals surface area contributed by atoms with Gasteiger partial charge in [-0.3, -0.25) is 19.3 Å². The lowest BCUT2D eigenvalue weighted by Crippen LogP contribution is -2.52. The van der Waals surface area contributed by atoms with Gasteiger partial charge < -0.3 is 24.3 Å². The van der Waals surface area contributed by atoms with E-state index in [0.29, 0.717) is 16.8 Å². The van der Waals surface area contributed by atoms with Crippen LogP contribution in [0.5, 0.6) is 11.5 Å². The quantitative estimate of drug-likeness (QED) is 0.272. The number of nitrogens with one attached hydrogen (secondary N) is 2. The Morgan fingerprint density at radius 2 is 1.55 bits per heavy atom. The third kappa shape index (κ3) is 7.10. The Labute approximate surface area is 272 Å². The van der Waals surface area contributed by atoms with Gasteiger partial charge in [-0.2, -0.15) is 0 Å². The molecule has 4 aromatic carbocycles. The van der Waals surface area contributed by atoms with E-state index in [0.717, 1.165) is 48.7 Å². The number of hydrogen-bond acceptors (Lipinski definition) is 6. The minimum absolute atomic E-state index is 0.131. The Kier molecular flexibility index (Phi) is 9.17. The van der Waals surface area contributed by atoms with Crippen LogP contribution in [0.2, 0.25) is 0 Å². The van der Waals surface area contributed by atoms with Gasteiger partial charge in [0.25, 0.3) is 17.0 Å². The SMILES string of the molecule is COc1cc2c(cc1OC)CN(Cc1ccc(NC(=O)c3cccc(C=c4[nH]c(=O)c(=Cc5ccccc5)n(C)c4=O)c3)cc1)CC2. The van der Waals surface area contributed by atoms with Gasteiger partial charge in [-0.25, -0.2) is 0 Å². The first-order valence-corrected chi connectivity index (χ1v) is 15.4. The Hall–Kier alpha value is -5.67. The van der Waals surface area contributed by atoms with E-state index in [-0.39, 0.29) is 27.7 Å². The lowest BCUT2D eigenvalue weighted by molar-refractivity contribution is 0.102. The van der Waals surface area contributed by atoms with Crippen molar-refractivity contribution < 1.29 is 14.3 Å². The number of H-pyrrole nitrogens is 1. The van der Waals surface area contributed by atoms with E-state index in [2.05, 4.69) is 27.3 Å². The van der Waals surface area contributed by atoms with Gasteiger partial charge in [-0.15, -0.1) is 0 Å². The van der Waals surface area contributed by atoms with Crippen molar-refractivity contribution in [1.82, 2.24) is 14.5 Å². The van der Waals surface area contributed by atoms with E-state index in [1.807, 2.05) is 54.6 Å². The Bertz CT molecular complexity index is 2170. The Morgan fingerprint density at radius 1 is 0.851 bits per heavy atom. The Morgan fingerprint density at radius 3 is 2.28 bits per heavy atom. The molecule has 2 heterocycles. The molecule has 9 heteroatoms. The molecular formula is C38H36N4O5. The van der Waals surface area contributed by atoms with E-state index in [1.165, 1.54) is 15.7 Å². The first kappa shape index (κ1) is 31.3. The van der Waals surface area contributed by atoms with E-state index in [4.69, 9.17) is 9.47 Å². The van der Waals surface area contributed by atoms with Crippen LogP contribution in [0, 0.1) is 0 Å². The molecule has 9 nitrogen and oxygen atoms in total. The highest BCUT2D eigenvalue weighted by molar-refractivity contribution is 6.04. The predicted molar refractivity (Wildman–Crippen MR) is 183 cm³/mol. The third-order valence-corrected chi connectivity index (χ3v) is 8.36. The van der Waals surface area contributed by atoms with Crippen LogP contribution in [-0.2, 0) is 26.6 Å². The average Bonchev–Trinajstić information content (AvgIpc) is 3.09. The molecule has 0 spiro atoms. The fourth-order valence-corrected chi connectivity index (χ4v) is 5.82. The molecule has 0 fully saturated rings. The lowest BCUT2D eigenvalue weighted by Gasteiger charge is -2.29. The van der Waals surface area contributed by atoms with Gasteiger partial charge in [0.2, 0.25) is 0 Å². The zero-order chi connectivity index (χ0) is 32.9. The maximum Gasteiger partial charge on any atom is 0.274 e. The van der Waals surface area contributed by atoms with Crippen molar-refractivity contribution in [3.8, 4) is 11.5 Å². The molecule has 1 amide bonds. The summed E-state index contributed by atoms with van der Waals surface area (Å²) >= 11 is 0. The number of hydrogen-bond donors (Lipinski definition) is 2.